The van der Waals surface area contributed by atoms with E-state index < -0.39 is 29.1 Å². The molecule has 0 aromatic rings. The number of esters is 1. The van der Waals surface area contributed by atoms with E-state index in [-0.39, 0.29) is 17.2 Å². The molecule has 0 bridgehead atoms. The zero-order valence-electron chi connectivity index (χ0n) is 39.0. The number of hydrogen-bond acceptors (Lipinski definition) is 5. The van der Waals surface area contributed by atoms with Crippen LogP contribution in [0.1, 0.15) is 172 Å². The fraction of sp³-hybridized carbons (Fsp3) is 0.593. The summed E-state index contributed by atoms with van der Waals surface area (Å²) in [4.78, 5) is 25.9. The van der Waals surface area contributed by atoms with E-state index in [1.54, 1.807) is 6.08 Å². The van der Waals surface area contributed by atoms with Crippen LogP contribution in [0.2, 0.25) is 0 Å². The van der Waals surface area contributed by atoms with Gasteiger partial charge in [-0.15, -0.1) is 0 Å². The maximum absolute atomic E-state index is 13.0. The lowest BCUT2D eigenvalue weighted by Crippen LogP contribution is -2.47. The van der Waals surface area contributed by atoms with E-state index in [9.17, 15) is 19.8 Å². The van der Waals surface area contributed by atoms with Crippen LogP contribution in [0.4, 0.5) is 0 Å². The third-order valence-corrected chi connectivity index (χ3v) is 12.7. The highest BCUT2D eigenvalue weighted by molar-refractivity contribution is 5.95. The molecule has 0 spiro atoms. The van der Waals surface area contributed by atoms with Crippen molar-refractivity contribution in [1.82, 2.24) is 0 Å². The molecule has 0 radical (unpaired) electrons. The van der Waals surface area contributed by atoms with Crippen molar-refractivity contribution in [2.45, 2.75) is 191 Å². The Bertz CT molecular complexity index is 1660. The van der Waals surface area contributed by atoms with E-state index in [2.05, 4.69) is 105 Å². The lowest BCUT2D eigenvalue weighted by atomic mass is 9.66. The highest BCUT2D eigenvalue weighted by Gasteiger charge is 2.52. The Morgan fingerprint density at radius 2 is 1.12 bits per heavy atom. The zero-order valence-corrected chi connectivity index (χ0v) is 39.0. The topological polar surface area (TPSA) is 83.8 Å². The number of ether oxygens (including phenoxy) is 1. The Labute approximate surface area is 360 Å². The Kier molecular flexibility index (Phi) is 22.7. The molecule has 0 aliphatic heterocycles. The molecule has 2 N–H and O–H groups in total. The van der Waals surface area contributed by atoms with Gasteiger partial charge in [0, 0.05) is 17.3 Å². The molecule has 2 aliphatic rings. The molecule has 0 amide bonds. The molecule has 1 saturated carbocycles. The molecule has 5 heteroatoms. The van der Waals surface area contributed by atoms with E-state index in [4.69, 9.17) is 4.74 Å². The molecule has 4 atom stereocenters. The second-order valence-electron chi connectivity index (χ2n) is 18.9. The van der Waals surface area contributed by atoms with Gasteiger partial charge < -0.3 is 14.9 Å². The Morgan fingerprint density at radius 1 is 0.644 bits per heavy atom. The number of hydrogen-bond donors (Lipinski definition) is 2. The van der Waals surface area contributed by atoms with Gasteiger partial charge in [-0.25, -0.2) is 0 Å². The van der Waals surface area contributed by atoms with Crippen molar-refractivity contribution in [2.24, 2.45) is 16.2 Å². The minimum absolute atomic E-state index is 0.0756. The van der Waals surface area contributed by atoms with Crippen molar-refractivity contribution in [3.05, 3.63) is 119 Å². The van der Waals surface area contributed by atoms with Gasteiger partial charge in [0.2, 0.25) is 0 Å². The van der Waals surface area contributed by atoms with Crippen LogP contribution in [0.15, 0.2) is 119 Å². The number of aliphatic hydroxyl groups excluding tert-OH is 2. The lowest BCUT2D eigenvalue weighted by molar-refractivity contribution is -0.164. The van der Waals surface area contributed by atoms with Gasteiger partial charge in [0.1, 0.15) is 6.10 Å². The van der Waals surface area contributed by atoms with Crippen molar-refractivity contribution >= 4 is 11.8 Å². The predicted molar refractivity (Wildman–Crippen MR) is 251 cm³/mol. The van der Waals surface area contributed by atoms with Crippen molar-refractivity contribution in [2.75, 3.05) is 0 Å². The summed E-state index contributed by atoms with van der Waals surface area (Å²) in [5, 5.41) is 21.2. The average Bonchev–Trinajstić information content (AvgIpc) is 3.38. The third kappa shape index (κ3) is 17.9. The van der Waals surface area contributed by atoms with Crippen LogP contribution in [0, 0.1) is 16.2 Å². The minimum Gasteiger partial charge on any atom is -0.459 e. The van der Waals surface area contributed by atoms with Gasteiger partial charge in [-0.2, -0.15) is 0 Å². The van der Waals surface area contributed by atoms with Crippen LogP contribution in [-0.2, 0) is 14.3 Å². The van der Waals surface area contributed by atoms with Crippen molar-refractivity contribution in [3.63, 3.8) is 0 Å². The maximum atomic E-state index is 13.0. The number of unbranched alkanes of at least 4 members (excludes halogenated alkanes) is 10. The van der Waals surface area contributed by atoms with E-state index in [0.29, 0.717) is 25.7 Å². The van der Waals surface area contributed by atoms with Crippen LogP contribution >= 0.6 is 0 Å². The third-order valence-electron chi connectivity index (χ3n) is 12.7. The second kappa shape index (κ2) is 25.9. The summed E-state index contributed by atoms with van der Waals surface area (Å²) in [7, 11) is 0. The molecule has 5 nitrogen and oxygen atoms in total. The molecule has 0 heterocycles. The van der Waals surface area contributed by atoms with Crippen LogP contribution in [0.25, 0.3) is 0 Å². The predicted octanol–water partition coefficient (Wildman–Crippen LogP) is 14.0. The molecule has 59 heavy (non-hydrogen) atoms. The molecule has 0 aromatic carbocycles. The Balaban J connectivity index is 1.85. The fourth-order valence-corrected chi connectivity index (χ4v) is 8.45. The van der Waals surface area contributed by atoms with E-state index in [0.717, 1.165) is 46.3 Å². The summed E-state index contributed by atoms with van der Waals surface area (Å²) in [6, 6.07) is 0. The molecule has 1 unspecified atom stereocenters. The molecule has 1 fully saturated rings. The monoisotopic (exact) mass is 811 g/mol. The fourth-order valence-electron chi connectivity index (χ4n) is 8.45. The van der Waals surface area contributed by atoms with Crippen molar-refractivity contribution in [3.8, 4) is 0 Å². The largest absolute Gasteiger partial charge is 0.459 e. The summed E-state index contributed by atoms with van der Waals surface area (Å²) in [5.74, 6) is -0.130. The SMILES string of the molecule is CCCCCCCCCCCCCC(=O)OC1[C@H](O)CC(C)=C(/C=C/C(C)=C/C=C/C(C)=C/C=C/C=C(C)/C=C/C=C(C)/C=C/C(=O)[C@]2(C)C[C@@H](O)CC2(C)C)C1(C)C. The molecule has 2 rings (SSSR count). The van der Waals surface area contributed by atoms with Crippen molar-refractivity contribution in [1.29, 1.82) is 0 Å². The summed E-state index contributed by atoms with van der Waals surface area (Å²) in [5.41, 5.74) is 5.27. The first-order valence-electron chi connectivity index (χ1n) is 22.7. The molecule has 328 valence electrons. The number of carbonyl (C=O) groups excluding carboxylic acids is 2. The normalized spacial score (nSPS) is 24.6. The molecule has 0 saturated heterocycles. The summed E-state index contributed by atoms with van der Waals surface area (Å²) >= 11 is 0. The van der Waals surface area contributed by atoms with Gasteiger partial charge in [0.05, 0.1) is 12.2 Å². The van der Waals surface area contributed by atoms with Crippen LogP contribution in [-0.4, -0.2) is 40.3 Å². The summed E-state index contributed by atoms with van der Waals surface area (Å²) in [6.45, 7) is 22.8. The number of carbonyl (C=O) groups is 2. The number of aliphatic hydroxyl groups is 2. The van der Waals surface area contributed by atoms with Gasteiger partial charge in [-0.05, 0) is 77.4 Å². The van der Waals surface area contributed by atoms with Crippen LogP contribution in [0.5, 0.6) is 0 Å². The number of allylic oxidation sites excluding steroid dienone is 18. The van der Waals surface area contributed by atoms with Gasteiger partial charge in [0.25, 0.3) is 0 Å². The van der Waals surface area contributed by atoms with Gasteiger partial charge in [-0.1, -0.05) is 213 Å². The Morgan fingerprint density at radius 3 is 1.63 bits per heavy atom. The van der Waals surface area contributed by atoms with Crippen LogP contribution in [0.3, 0.4) is 0 Å². The van der Waals surface area contributed by atoms with Crippen LogP contribution < -0.4 is 0 Å². The quantitative estimate of drug-likeness (QED) is 0.0439. The minimum atomic E-state index is -0.711. The molecule has 0 aromatic heterocycles. The first kappa shape index (κ1) is 51.6. The van der Waals surface area contributed by atoms with E-state index >= 15 is 0 Å². The van der Waals surface area contributed by atoms with Gasteiger partial charge in [0.15, 0.2) is 5.78 Å². The zero-order chi connectivity index (χ0) is 44.1. The highest BCUT2D eigenvalue weighted by Crippen LogP contribution is 2.53. The standard InChI is InChI=1S/C54H82O5/c1-12-13-14-15-16-17-18-19-20-21-22-33-50(58)59-51-48(56)38-45(6)47(53(51,9)10)36-34-43(4)31-25-29-41(2)27-23-24-28-42(3)30-26-32-44(5)35-37-49(57)54(11)40-46(55)39-52(54,7)8/h23-32,34-37,46,48,51,55-56H,12-22,33,38-40H2,1-11H3/b24-23+,29-25+,30-26+,36-34+,37-35+,41-27+,42-28+,43-31+,44-32+/t46-,48+,51?,54-/m0/s1. The smallest absolute Gasteiger partial charge is 0.306 e. The first-order chi connectivity index (χ1) is 27.8. The van der Waals surface area contributed by atoms with Gasteiger partial charge >= 0.3 is 5.97 Å². The maximum Gasteiger partial charge on any atom is 0.306 e. The lowest BCUT2D eigenvalue weighted by Gasteiger charge is -2.42. The van der Waals surface area contributed by atoms with Crippen molar-refractivity contribution < 1.29 is 24.5 Å². The number of rotatable bonds is 24. The molecule has 2 aliphatic carbocycles. The first-order valence-corrected chi connectivity index (χ1v) is 22.7. The van der Waals surface area contributed by atoms with E-state index in [1.165, 1.54) is 57.8 Å². The number of ketones is 1. The second-order valence-corrected chi connectivity index (χ2v) is 18.9. The summed E-state index contributed by atoms with van der Waals surface area (Å²) in [6.07, 6.45) is 42.2. The van der Waals surface area contributed by atoms with Gasteiger partial charge in [-0.3, -0.25) is 9.59 Å². The van der Waals surface area contributed by atoms with E-state index in [1.807, 2.05) is 50.3 Å². The highest BCUT2D eigenvalue weighted by atomic mass is 16.6. The summed E-state index contributed by atoms with van der Waals surface area (Å²) < 4.78 is 5.98. The molecular weight excluding hydrogens is 729 g/mol. The average molecular weight is 811 g/mol. The molecular formula is C54H82O5. The Hall–Kier alpha value is -3.54.